The average molecular weight is 324 g/mol. The van der Waals surface area contributed by atoms with Gasteiger partial charge >= 0.3 is 6.18 Å². The maximum absolute atomic E-state index is 13.0. The summed E-state index contributed by atoms with van der Waals surface area (Å²) in [7, 11) is 0. The van der Waals surface area contributed by atoms with Gasteiger partial charge in [0.1, 0.15) is 18.7 Å². The molecular weight excluding hydrogens is 309 g/mol. The van der Waals surface area contributed by atoms with E-state index in [1.54, 1.807) is 13.0 Å². The lowest BCUT2D eigenvalue weighted by Gasteiger charge is -2.14. The molecular formula is C15H15F3N4O. The third kappa shape index (κ3) is 3.20. The number of hydrogen-bond donors (Lipinski definition) is 1. The number of nitrogens with one attached hydrogen (secondary N) is 1. The summed E-state index contributed by atoms with van der Waals surface area (Å²) in [5.41, 5.74) is -0.398. The number of nitrogens with zero attached hydrogens (tertiary/aromatic N) is 3. The summed E-state index contributed by atoms with van der Waals surface area (Å²) in [6, 6.07) is 4.66. The molecule has 1 saturated carbocycles. The molecule has 1 fully saturated rings. The fraction of sp³-hybridized carbons (Fsp3) is 0.400. The molecule has 0 saturated heterocycles. The van der Waals surface area contributed by atoms with Crippen LogP contribution in [0.5, 0.6) is 0 Å². The molecule has 3 atom stereocenters. The highest BCUT2D eigenvalue weighted by Gasteiger charge is 2.45. The third-order valence-corrected chi connectivity index (χ3v) is 4.00. The van der Waals surface area contributed by atoms with E-state index in [-0.39, 0.29) is 23.4 Å². The topological polar surface area (TPSA) is 59.8 Å². The zero-order valence-corrected chi connectivity index (χ0v) is 12.3. The highest BCUT2D eigenvalue weighted by molar-refractivity contribution is 5.80. The van der Waals surface area contributed by atoms with Gasteiger partial charge in [0.25, 0.3) is 0 Å². The minimum atomic E-state index is -4.39. The second kappa shape index (κ2) is 5.68. The monoisotopic (exact) mass is 324 g/mol. The first-order chi connectivity index (χ1) is 10.9. The summed E-state index contributed by atoms with van der Waals surface area (Å²) in [6.45, 7) is 1.66. The van der Waals surface area contributed by atoms with Crippen molar-refractivity contribution in [3.8, 4) is 0 Å². The molecule has 122 valence electrons. The maximum Gasteiger partial charge on any atom is 0.416 e. The van der Waals surface area contributed by atoms with Crippen molar-refractivity contribution < 1.29 is 18.0 Å². The Balaban J connectivity index is 1.68. The lowest BCUT2D eigenvalue weighted by molar-refractivity contribution is -0.138. The number of carbonyl (C=O) groups excluding carboxylic acids is 1. The van der Waals surface area contributed by atoms with Gasteiger partial charge in [-0.1, -0.05) is 18.2 Å². The van der Waals surface area contributed by atoms with E-state index in [0.29, 0.717) is 6.42 Å². The standard InChI is InChI=1S/C15H15F3N4O/c1-9(22-8-19-7-20-22)14(23)21-13-6-11(13)10-4-2-3-5-12(10)15(16,17)18/h2-5,7-9,11,13H,6H2,1H3,(H,21,23)/t9-,11+,13-/m1/s1. The molecule has 0 unspecified atom stereocenters. The van der Waals surface area contributed by atoms with Crippen LogP contribution in [0.4, 0.5) is 13.2 Å². The van der Waals surface area contributed by atoms with Gasteiger partial charge in [-0.25, -0.2) is 9.67 Å². The summed E-state index contributed by atoms with van der Waals surface area (Å²) >= 11 is 0. The minimum Gasteiger partial charge on any atom is -0.351 e. The zero-order valence-electron chi connectivity index (χ0n) is 12.3. The SMILES string of the molecule is C[C@H](C(=O)N[C@@H]1C[C@H]1c1ccccc1C(F)(F)F)n1cncn1. The van der Waals surface area contributed by atoms with Gasteiger partial charge in [0.2, 0.25) is 5.91 Å². The van der Waals surface area contributed by atoms with E-state index in [2.05, 4.69) is 15.4 Å². The van der Waals surface area contributed by atoms with Crippen molar-refractivity contribution in [2.24, 2.45) is 0 Å². The van der Waals surface area contributed by atoms with Crippen molar-refractivity contribution in [1.29, 1.82) is 0 Å². The van der Waals surface area contributed by atoms with Gasteiger partial charge in [0.05, 0.1) is 5.56 Å². The second-order valence-electron chi connectivity index (χ2n) is 5.59. The van der Waals surface area contributed by atoms with Crippen LogP contribution in [-0.4, -0.2) is 26.7 Å². The minimum absolute atomic E-state index is 0.235. The number of aromatic nitrogens is 3. The number of alkyl halides is 3. The smallest absolute Gasteiger partial charge is 0.351 e. The van der Waals surface area contributed by atoms with E-state index in [9.17, 15) is 18.0 Å². The Hall–Kier alpha value is -2.38. The highest BCUT2D eigenvalue weighted by atomic mass is 19.4. The first-order valence-corrected chi connectivity index (χ1v) is 7.18. The number of rotatable bonds is 4. The number of amides is 1. The van der Waals surface area contributed by atoms with E-state index in [1.807, 2.05) is 0 Å². The van der Waals surface area contributed by atoms with Crippen molar-refractivity contribution in [3.63, 3.8) is 0 Å². The van der Waals surface area contributed by atoms with Crippen LogP contribution in [-0.2, 0) is 11.0 Å². The van der Waals surface area contributed by atoms with Gasteiger partial charge in [-0.15, -0.1) is 0 Å². The zero-order chi connectivity index (χ0) is 16.6. The van der Waals surface area contributed by atoms with Crippen LogP contribution in [0.1, 0.15) is 36.4 Å². The number of benzene rings is 1. The Morgan fingerprint density at radius 1 is 1.39 bits per heavy atom. The Labute approximate surface area is 130 Å². The molecule has 5 nitrogen and oxygen atoms in total. The predicted octanol–water partition coefficient (Wildman–Crippen LogP) is 2.53. The fourth-order valence-corrected chi connectivity index (χ4v) is 2.62. The summed E-state index contributed by atoms with van der Waals surface area (Å²) in [4.78, 5) is 15.9. The van der Waals surface area contributed by atoms with Crippen LogP contribution in [0.15, 0.2) is 36.9 Å². The van der Waals surface area contributed by atoms with Gasteiger partial charge in [0.15, 0.2) is 0 Å². The Kier molecular flexibility index (Phi) is 3.83. The molecule has 3 rings (SSSR count). The highest BCUT2D eigenvalue weighted by Crippen LogP contribution is 2.46. The van der Waals surface area contributed by atoms with Crippen LogP contribution in [0.25, 0.3) is 0 Å². The van der Waals surface area contributed by atoms with Crippen LogP contribution >= 0.6 is 0 Å². The van der Waals surface area contributed by atoms with Crippen molar-refractivity contribution in [2.45, 2.75) is 37.5 Å². The van der Waals surface area contributed by atoms with Crippen molar-refractivity contribution in [2.75, 3.05) is 0 Å². The van der Waals surface area contributed by atoms with Gasteiger partial charge in [-0.3, -0.25) is 4.79 Å². The fourth-order valence-electron chi connectivity index (χ4n) is 2.62. The molecule has 0 aliphatic heterocycles. The normalized spacial score (nSPS) is 21.7. The molecule has 1 amide bonds. The molecule has 1 aliphatic rings. The summed E-state index contributed by atoms with van der Waals surface area (Å²) in [5, 5.41) is 6.66. The molecule has 23 heavy (non-hydrogen) atoms. The molecule has 0 radical (unpaired) electrons. The molecule has 8 heteroatoms. The second-order valence-corrected chi connectivity index (χ2v) is 5.59. The van der Waals surface area contributed by atoms with Crippen LogP contribution in [0.2, 0.25) is 0 Å². The first-order valence-electron chi connectivity index (χ1n) is 7.18. The van der Waals surface area contributed by atoms with E-state index in [1.165, 1.54) is 29.5 Å². The number of carbonyl (C=O) groups is 1. The maximum atomic E-state index is 13.0. The molecule has 1 aromatic heterocycles. The van der Waals surface area contributed by atoms with Crippen molar-refractivity contribution in [1.82, 2.24) is 20.1 Å². The molecule has 0 spiro atoms. The number of hydrogen-bond acceptors (Lipinski definition) is 3. The van der Waals surface area contributed by atoms with E-state index >= 15 is 0 Å². The van der Waals surface area contributed by atoms with E-state index in [4.69, 9.17) is 0 Å². The van der Waals surface area contributed by atoms with Gasteiger partial charge < -0.3 is 5.32 Å². The average Bonchev–Trinajstić information content (AvgIpc) is 3.05. The van der Waals surface area contributed by atoms with E-state index in [0.717, 1.165) is 6.07 Å². The van der Waals surface area contributed by atoms with Crippen LogP contribution < -0.4 is 5.32 Å². The van der Waals surface area contributed by atoms with Gasteiger partial charge in [-0.05, 0) is 25.0 Å². The quantitative estimate of drug-likeness (QED) is 0.940. The molecule has 1 aromatic carbocycles. The number of halogens is 3. The predicted molar refractivity (Wildman–Crippen MR) is 75.5 cm³/mol. The Morgan fingerprint density at radius 3 is 2.78 bits per heavy atom. The van der Waals surface area contributed by atoms with Gasteiger partial charge in [-0.2, -0.15) is 18.3 Å². The summed E-state index contributed by atoms with van der Waals surface area (Å²) in [5.74, 6) is -0.591. The molecule has 2 aromatic rings. The summed E-state index contributed by atoms with van der Waals surface area (Å²) < 4.78 is 40.5. The first kappa shape index (κ1) is 15.5. The Bertz CT molecular complexity index is 699. The molecule has 0 bridgehead atoms. The van der Waals surface area contributed by atoms with Crippen LogP contribution in [0.3, 0.4) is 0 Å². The molecule has 1 aliphatic carbocycles. The largest absolute Gasteiger partial charge is 0.416 e. The summed E-state index contributed by atoms with van der Waals surface area (Å²) in [6.07, 6.45) is -1.14. The van der Waals surface area contributed by atoms with Crippen molar-refractivity contribution in [3.05, 3.63) is 48.0 Å². The lowest BCUT2D eigenvalue weighted by atomic mass is 10.0. The molecule has 1 N–H and O–H groups in total. The molecule has 1 heterocycles. The third-order valence-electron chi connectivity index (χ3n) is 4.00. The Morgan fingerprint density at radius 2 is 2.13 bits per heavy atom. The van der Waals surface area contributed by atoms with E-state index < -0.39 is 17.8 Å². The lowest BCUT2D eigenvalue weighted by Crippen LogP contribution is -2.33. The van der Waals surface area contributed by atoms with Crippen molar-refractivity contribution >= 4 is 5.91 Å². The van der Waals surface area contributed by atoms with Gasteiger partial charge in [0, 0.05) is 12.0 Å². The van der Waals surface area contributed by atoms with Crippen LogP contribution in [0, 0.1) is 0 Å².